The molecule has 1 heterocycles. The number of hydrogen-bond acceptors (Lipinski definition) is 3. The van der Waals surface area contributed by atoms with E-state index in [4.69, 9.17) is 4.74 Å². The lowest BCUT2D eigenvalue weighted by Crippen LogP contribution is -2.52. The van der Waals surface area contributed by atoms with Crippen LogP contribution in [0.5, 0.6) is 0 Å². The van der Waals surface area contributed by atoms with E-state index < -0.39 is 11.7 Å². The fourth-order valence-corrected chi connectivity index (χ4v) is 2.74. The molecule has 1 fully saturated rings. The van der Waals surface area contributed by atoms with Crippen LogP contribution in [0.4, 0.5) is 4.79 Å². The van der Waals surface area contributed by atoms with Crippen LogP contribution in [0.25, 0.3) is 0 Å². The predicted octanol–water partition coefficient (Wildman–Crippen LogP) is 2.94. The van der Waals surface area contributed by atoms with Crippen LogP contribution in [0.1, 0.15) is 60.3 Å². The Hall–Kier alpha value is -1.26. The van der Waals surface area contributed by atoms with Gasteiger partial charge in [-0.2, -0.15) is 0 Å². The Morgan fingerprint density at radius 3 is 2.48 bits per heavy atom. The molecule has 2 amide bonds. The number of carbonyl (C=O) groups excluding carboxylic acids is 2. The van der Waals surface area contributed by atoms with E-state index in [0.717, 1.165) is 32.2 Å². The minimum atomic E-state index is -0.499. The molecule has 0 aromatic heterocycles. The Labute approximate surface area is 128 Å². The van der Waals surface area contributed by atoms with Gasteiger partial charge in [0.05, 0.1) is 6.04 Å². The number of hydrogen-bond donors (Lipinski definition) is 1. The van der Waals surface area contributed by atoms with Crippen LogP contribution in [-0.2, 0) is 9.53 Å². The maximum Gasteiger partial charge on any atom is 0.407 e. The first kappa shape index (κ1) is 17.8. The maximum absolute atomic E-state index is 11.9. The summed E-state index contributed by atoms with van der Waals surface area (Å²) in [5, 5.41) is 2.91. The summed E-state index contributed by atoms with van der Waals surface area (Å²) in [4.78, 5) is 25.4. The van der Waals surface area contributed by atoms with Crippen LogP contribution in [0.2, 0.25) is 0 Å². The van der Waals surface area contributed by atoms with Gasteiger partial charge in [-0.3, -0.25) is 4.79 Å². The number of nitrogens with one attached hydrogen (secondary N) is 1. The molecule has 1 N–H and O–H groups in total. The van der Waals surface area contributed by atoms with E-state index in [0.29, 0.717) is 12.5 Å². The molecule has 0 saturated carbocycles. The van der Waals surface area contributed by atoms with Gasteiger partial charge in [-0.25, -0.2) is 4.79 Å². The highest BCUT2D eigenvalue weighted by Crippen LogP contribution is 2.22. The second-order valence-corrected chi connectivity index (χ2v) is 7.01. The molecule has 5 nitrogen and oxygen atoms in total. The molecule has 0 bridgehead atoms. The van der Waals surface area contributed by atoms with E-state index in [1.54, 1.807) is 6.92 Å². The molecule has 2 atom stereocenters. The average molecular weight is 298 g/mol. The minimum Gasteiger partial charge on any atom is -0.444 e. The topological polar surface area (TPSA) is 58.6 Å². The third-order valence-corrected chi connectivity index (χ3v) is 3.67. The molecule has 2 unspecified atom stereocenters. The van der Waals surface area contributed by atoms with E-state index in [1.807, 2.05) is 25.7 Å². The number of ether oxygens (including phenoxy) is 1. The average Bonchev–Trinajstić information content (AvgIpc) is 2.33. The molecule has 0 aromatic rings. The van der Waals surface area contributed by atoms with Gasteiger partial charge in [-0.15, -0.1) is 0 Å². The van der Waals surface area contributed by atoms with E-state index in [-0.39, 0.29) is 11.9 Å². The number of carbonyl (C=O) groups is 2. The lowest BCUT2D eigenvalue weighted by molar-refractivity contribution is -0.131. The Kier molecular flexibility index (Phi) is 6.49. The van der Waals surface area contributed by atoms with Crippen molar-refractivity contribution in [2.24, 2.45) is 5.92 Å². The van der Waals surface area contributed by atoms with Crippen molar-refractivity contribution in [2.75, 3.05) is 13.1 Å². The number of piperidine rings is 1. The van der Waals surface area contributed by atoms with E-state index in [1.165, 1.54) is 0 Å². The van der Waals surface area contributed by atoms with Crippen LogP contribution in [0, 0.1) is 5.92 Å². The molecule has 1 aliphatic rings. The molecule has 0 aliphatic carbocycles. The summed E-state index contributed by atoms with van der Waals surface area (Å²) in [5.74, 6) is 0.537. The number of amides is 2. The molecule has 0 aromatic carbocycles. The summed E-state index contributed by atoms with van der Waals surface area (Å²) in [6, 6.07) is -0.0145. The third-order valence-electron chi connectivity index (χ3n) is 3.67. The van der Waals surface area contributed by atoms with Crippen LogP contribution in [0.3, 0.4) is 0 Å². The zero-order valence-electron chi connectivity index (χ0n) is 14.1. The number of unbranched alkanes of at least 4 members (excludes halogenated alkanes) is 1. The van der Waals surface area contributed by atoms with Gasteiger partial charge in [0.2, 0.25) is 5.91 Å². The number of alkyl carbamates (subject to hydrolysis) is 1. The van der Waals surface area contributed by atoms with Gasteiger partial charge in [0, 0.05) is 20.0 Å². The lowest BCUT2D eigenvalue weighted by Gasteiger charge is -2.38. The van der Waals surface area contributed by atoms with Crippen molar-refractivity contribution >= 4 is 12.0 Å². The first-order chi connectivity index (χ1) is 9.71. The summed E-state index contributed by atoms with van der Waals surface area (Å²) < 4.78 is 5.30. The molecule has 0 radical (unpaired) electrons. The fourth-order valence-electron chi connectivity index (χ4n) is 2.74. The Morgan fingerprint density at radius 1 is 1.29 bits per heavy atom. The molecule has 1 rings (SSSR count). The van der Waals surface area contributed by atoms with Crippen molar-refractivity contribution in [2.45, 2.75) is 71.9 Å². The zero-order chi connectivity index (χ0) is 16.0. The Bertz CT molecular complexity index is 363. The molecule has 5 heteroatoms. The molecular weight excluding hydrogens is 268 g/mol. The molecule has 1 saturated heterocycles. The second kappa shape index (κ2) is 7.66. The first-order valence-electron chi connectivity index (χ1n) is 7.96. The molecule has 1 aliphatic heterocycles. The van der Waals surface area contributed by atoms with Gasteiger partial charge in [0.15, 0.2) is 0 Å². The van der Waals surface area contributed by atoms with Gasteiger partial charge in [-0.05, 0) is 39.5 Å². The molecule has 21 heavy (non-hydrogen) atoms. The smallest absolute Gasteiger partial charge is 0.407 e. The van der Waals surface area contributed by atoms with Crippen molar-refractivity contribution in [1.82, 2.24) is 10.2 Å². The molecule has 122 valence electrons. The number of rotatable bonds is 4. The summed E-state index contributed by atoms with van der Waals surface area (Å²) in [6.45, 7) is 10.7. The Morgan fingerprint density at radius 2 is 1.95 bits per heavy atom. The maximum atomic E-state index is 11.9. The summed E-state index contributed by atoms with van der Waals surface area (Å²) in [6.07, 6.45) is 3.94. The van der Waals surface area contributed by atoms with Crippen molar-refractivity contribution in [1.29, 1.82) is 0 Å². The zero-order valence-corrected chi connectivity index (χ0v) is 14.1. The van der Waals surface area contributed by atoms with Crippen LogP contribution < -0.4 is 5.32 Å². The highest BCUT2D eigenvalue weighted by Gasteiger charge is 2.30. The number of likely N-dealkylation sites (tertiary alicyclic amines) is 1. The standard InChI is InChI=1S/C16H30N2O3/c1-6-7-8-13-9-14(11-18(10-13)12(2)19)17-15(20)21-16(3,4)5/h13-14H,6-11H2,1-5H3,(H,17,20). The van der Waals surface area contributed by atoms with Crippen molar-refractivity contribution in [3.8, 4) is 0 Å². The van der Waals surface area contributed by atoms with Crippen molar-refractivity contribution < 1.29 is 14.3 Å². The third kappa shape index (κ3) is 6.82. The van der Waals surface area contributed by atoms with E-state index in [2.05, 4.69) is 12.2 Å². The number of nitrogens with zero attached hydrogens (tertiary/aromatic N) is 1. The minimum absolute atomic E-state index is 0.0145. The largest absolute Gasteiger partial charge is 0.444 e. The van der Waals surface area contributed by atoms with Crippen LogP contribution >= 0.6 is 0 Å². The first-order valence-corrected chi connectivity index (χ1v) is 7.96. The van der Waals surface area contributed by atoms with E-state index in [9.17, 15) is 9.59 Å². The summed E-state index contributed by atoms with van der Waals surface area (Å²) in [5.41, 5.74) is -0.499. The van der Waals surface area contributed by atoms with Gasteiger partial charge < -0.3 is 15.0 Å². The van der Waals surface area contributed by atoms with E-state index >= 15 is 0 Å². The monoisotopic (exact) mass is 298 g/mol. The SMILES string of the molecule is CCCCC1CC(NC(=O)OC(C)(C)C)CN(C(C)=O)C1. The molecular formula is C16H30N2O3. The second-order valence-electron chi connectivity index (χ2n) is 7.01. The van der Waals surface area contributed by atoms with Gasteiger partial charge >= 0.3 is 6.09 Å². The van der Waals surface area contributed by atoms with Crippen molar-refractivity contribution in [3.63, 3.8) is 0 Å². The lowest BCUT2D eigenvalue weighted by atomic mass is 9.90. The van der Waals surface area contributed by atoms with Crippen LogP contribution in [0.15, 0.2) is 0 Å². The van der Waals surface area contributed by atoms with Crippen LogP contribution in [-0.4, -0.2) is 41.6 Å². The molecule has 0 spiro atoms. The van der Waals surface area contributed by atoms with Gasteiger partial charge in [0.1, 0.15) is 5.60 Å². The summed E-state index contributed by atoms with van der Waals surface area (Å²) >= 11 is 0. The normalized spacial score (nSPS) is 22.8. The highest BCUT2D eigenvalue weighted by atomic mass is 16.6. The fraction of sp³-hybridized carbons (Fsp3) is 0.875. The van der Waals surface area contributed by atoms with Gasteiger partial charge in [-0.1, -0.05) is 19.8 Å². The quantitative estimate of drug-likeness (QED) is 0.868. The summed E-state index contributed by atoms with van der Waals surface area (Å²) in [7, 11) is 0. The highest BCUT2D eigenvalue weighted by molar-refractivity contribution is 5.73. The van der Waals surface area contributed by atoms with Gasteiger partial charge in [0.25, 0.3) is 0 Å². The van der Waals surface area contributed by atoms with Crippen molar-refractivity contribution in [3.05, 3.63) is 0 Å². The Balaban J connectivity index is 2.58. The predicted molar refractivity (Wildman–Crippen MR) is 83.0 cm³/mol.